The Bertz CT molecular complexity index is 1450. The molecule has 0 aliphatic heterocycles. The summed E-state index contributed by atoms with van der Waals surface area (Å²) in [4.78, 5) is 4.82. The lowest BCUT2D eigenvalue weighted by atomic mass is 10.0. The lowest BCUT2D eigenvalue weighted by Gasteiger charge is -2.18. The number of ether oxygens (including phenoxy) is 1. The van der Waals surface area contributed by atoms with E-state index < -0.39 is 8.07 Å². The van der Waals surface area contributed by atoms with Gasteiger partial charge < -0.3 is 10.5 Å². The maximum atomic E-state index is 9.87. The molecular weight excluding hydrogens is 454 g/mol. The van der Waals surface area contributed by atoms with Crippen LogP contribution in [-0.2, 0) is 11.5 Å². The fourth-order valence-electron chi connectivity index (χ4n) is 4.28. The third-order valence-corrected chi connectivity index (χ3v) is 8.18. The van der Waals surface area contributed by atoms with Crippen LogP contribution in [0.4, 0.5) is 5.82 Å². The van der Waals surface area contributed by atoms with Crippen molar-refractivity contribution in [1.29, 1.82) is 5.26 Å². The standard InChI is InChI=1S/C26H33N7OSi/c1-16-8-9-20(26-31-29-14-32(26)15-34-10-11-35(5,6)7)18(3)23(16)33-24(28)22(13-27)21-12-17(2)19(4)30-25(21)33/h8-9,12,14H,10-11,15,28H2,1-7H3. The number of anilines is 1. The Hall–Kier alpha value is -3.48. The molecule has 0 aliphatic rings. The number of benzene rings is 1. The molecule has 0 saturated carbocycles. The Morgan fingerprint density at radius 2 is 1.86 bits per heavy atom. The largest absolute Gasteiger partial charge is 0.384 e. The molecule has 4 aromatic rings. The van der Waals surface area contributed by atoms with Crippen molar-refractivity contribution in [1.82, 2.24) is 24.3 Å². The molecule has 0 spiro atoms. The maximum Gasteiger partial charge on any atom is 0.166 e. The van der Waals surface area contributed by atoms with Crippen LogP contribution in [0.1, 0.15) is 27.9 Å². The fraction of sp³-hybridized carbons (Fsp3) is 0.385. The molecule has 0 amide bonds. The smallest absolute Gasteiger partial charge is 0.166 e. The average Bonchev–Trinajstić information content (AvgIpc) is 3.34. The van der Waals surface area contributed by atoms with E-state index in [0.29, 0.717) is 23.8 Å². The van der Waals surface area contributed by atoms with Crippen LogP contribution in [0.5, 0.6) is 0 Å². The molecule has 0 fully saturated rings. The number of rotatable bonds is 7. The Morgan fingerprint density at radius 1 is 1.11 bits per heavy atom. The van der Waals surface area contributed by atoms with E-state index in [0.717, 1.165) is 57.5 Å². The van der Waals surface area contributed by atoms with Crippen LogP contribution in [0.25, 0.3) is 28.1 Å². The van der Waals surface area contributed by atoms with Gasteiger partial charge in [0.05, 0.1) is 5.69 Å². The topological polar surface area (TPSA) is 108 Å². The summed E-state index contributed by atoms with van der Waals surface area (Å²) in [5, 5.41) is 19.2. The lowest BCUT2D eigenvalue weighted by Crippen LogP contribution is -2.22. The van der Waals surface area contributed by atoms with E-state index >= 15 is 0 Å². The van der Waals surface area contributed by atoms with Gasteiger partial charge in [0, 0.05) is 31.3 Å². The average molecular weight is 488 g/mol. The number of hydrogen-bond acceptors (Lipinski definition) is 6. The molecule has 182 valence electrons. The van der Waals surface area contributed by atoms with Gasteiger partial charge in [-0.3, -0.25) is 9.13 Å². The SMILES string of the molecule is Cc1cc2c(C#N)c(N)n(-c3c(C)ccc(-c4nncn4COCC[Si](C)(C)C)c3C)c2nc1C. The first-order valence-corrected chi connectivity index (χ1v) is 15.5. The van der Waals surface area contributed by atoms with E-state index in [1.165, 1.54) is 0 Å². The number of nitrogens with two attached hydrogens (primary N) is 1. The quantitative estimate of drug-likeness (QED) is 0.280. The highest BCUT2D eigenvalue weighted by Crippen LogP contribution is 2.36. The molecule has 0 aliphatic carbocycles. The summed E-state index contributed by atoms with van der Waals surface area (Å²) in [6.45, 7) is 16.2. The minimum atomic E-state index is -1.16. The third-order valence-electron chi connectivity index (χ3n) is 6.48. The van der Waals surface area contributed by atoms with Crippen molar-refractivity contribution in [3.8, 4) is 23.1 Å². The van der Waals surface area contributed by atoms with Gasteiger partial charge in [0.25, 0.3) is 0 Å². The zero-order chi connectivity index (χ0) is 25.5. The van der Waals surface area contributed by atoms with Crippen molar-refractivity contribution in [3.05, 3.63) is 52.5 Å². The zero-order valence-electron chi connectivity index (χ0n) is 21.6. The summed E-state index contributed by atoms with van der Waals surface area (Å²) in [5.41, 5.74) is 13.5. The van der Waals surface area contributed by atoms with Crippen LogP contribution >= 0.6 is 0 Å². The molecule has 9 heteroatoms. The number of nitrogens with zero attached hydrogens (tertiary/aromatic N) is 6. The second kappa shape index (κ2) is 9.28. The Labute approximate surface area is 207 Å². The molecule has 2 N–H and O–H groups in total. The number of pyridine rings is 1. The third kappa shape index (κ3) is 4.59. The van der Waals surface area contributed by atoms with Crippen molar-refractivity contribution < 1.29 is 4.74 Å². The van der Waals surface area contributed by atoms with Crippen molar-refractivity contribution in [2.45, 2.75) is 60.1 Å². The van der Waals surface area contributed by atoms with Gasteiger partial charge >= 0.3 is 0 Å². The number of nitriles is 1. The molecule has 3 aromatic heterocycles. The first-order chi connectivity index (χ1) is 16.5. The summed E-state index contributed by atoms with van der Waals surface area (Å²) in [5.74, 6) is 1.12. The number of hydrogen-bond donors (Lipinski definition) is 1. The molecule has 3 heterocycles. The fourth-order valence-corrected chi connectivity index (χ4v) is 5.03. The van der Waals surface area contributed by atoms with Gasteiger partial charge in [0.15, 0.2) is 5.82 Å². The van der Waals surface area contributed by atoms with E-state index in [-0.39, 0.29) is 0 Å². The highest BCUT2D eigenvalue weighted by Gasteiger charge is 2.23. The van der Waals surface area contributed by atoms with Crippen LogP contribution in [0.3, 0.4) is 0 Å². The minimum absolute atomic E-state index is 0.388. The predicted molar refractivity (Wildman–Crippen MR) is 142 cm³/mol. The van der Waals surface area contributed by atoms with Gasteiger partial charge in [-0.1, -0.05) is 31.8 Å². The van der Waals surface area contributed by atoms with E-state index in [9.17, 15) is 5.26 Å². The minimum Gasteiger partial charge on any atom is -0.384 e. The highest BCUT2D eigenvalue weighted by molar-refractivity contribution is 6.76. The molecule has 1 aromatic carbocycles. The first-order valence-electron chi connectivity index (χ1n) is 11.8. The molecule has 4 rings (SSSR count). The van der Waals surface area contributed by atoms with Crippen LogP contribution in [0.15, 0.2) is 24.5 Å². The highest BCUT2D eigenvalue weighted by atomic mass is 28.3. The van der Waals surface area contributed by atoms with E-state index in [1.54, 1.807) is 6.33 Å². The maximum absolute atomic E-state index is 9.87. The molecule has 0 radical (unpaired) electrons. The summed E-state index contributed by atoms with van der Waals surface area (Å²) < 4.78 is 9.79. The molecule has 0 unspecified atom stereocenters. The van der Waals surface area contributed by atoms with Gasteiger partial charge in [-0.25, -0.2) is 4.98 Å². The Morgan fingerprint density at radius 3 is 2.54 bits per heavy atom. The van der Waals surface area contributed by atoms with Crippen LogP contribution < -0.4 is 5.73 Å². The van der Waals surface area contributed by atoms with E-state index in [1.807, 2.05) is 55.0 Å². The second-order valence-corrected chi connectivity index (χ2v) is 16.0. The summed E-state index contributed by atoms with van der Waals surface area (Å²) in [6, 6.07) is 9.46. The van der Waals surface area contributed by atoms with Gasteiger partial charge in [-0.15, -0.1) is 10.2 Å². The van der Waals surface area contributed by atoms with Crippen molar-refractivity contribution in [2.24, 2.45) is 0 Å². The summed E-state index contributed by atoms with van der Waals surface area (Å²) >= 11 is 0. The zero-order valence-corrected chi connectivity index (χ0v) is 22.6. The van der Waals surface area contributed by atoms with Crippen LogP contribution in [0.2, 0.25) is 25.7 Å². The molecular formula is C26H33N7OSi. The Kier molecular flexibility index (Phi) is 6.53. The molecule has 0 bridgehead atoms. The molecule has 35 heavy (non-hydrogen) atoms. The molecule has 8 nitrogen and oxygen atoms in total. The second-order valence-electron chi connectivity index (χ2n) is 10.3. The van der Waals surface area contributed by atoms with E-state index in [2.05, 4.69) is 35.9 Å². The van der Waals surface area contributed by atoms with Crippen molar-refractivity contribution in [2.75, 3.05) is 12.3 Å². The van der Waals surface area contributed by atoms with Crippen LogP contribution in [-0.4, -0.2) is 39.0 Å². The summed E-state index contributed by atoms with van der Waals surface area (Å²) in [7, 11) is -1.16. The van der Waals surface area contributed by atoms with Gasteiger partial charge in [0.1, 0.15) is 36.2 Å². The Balaban J connectivity index is 1.82. The van der Waals surface area contributed by atoms with Crippen molar-refractivity contribution >= 4 is 24.9 Å². The van der Waals surface area contributed by atoms with E-state index in [4.69, 9.17) is 15.5 Å². The monoisotopic (exact) mass is 487 g/mol. The van der Waals surface area contributed by atoms with Gasteiger partial charge in [0.2, 0.25) is 0 Å². The predicted octanol–water partition coefficient (Wildman–Crippen LogP) is 5.28. The summed E-state index contributed by atoms with van der Waals surface area (Å²) in [6.07, 6.45) is 1.70. The molecule has 0 saturated heterocycles. The van der Waals surface area contributed by atoms with Crippen molar-refractivity contribution in [3.63, 3.8) is 0 Å². The number of nitrogen functional groups attached to an aromatic ring is 1. The normalized spacial score (nSPS) is 11.8. The number of aryl methyl sites for hydroxylation is 3. The number of fused-ring (bicyclic) bond motifs is 1. The lowest BCUT2D eigenvalue weighted by molar-refractivity contribution is 0.0880. The van der Waals surface area contributed by atoms with Gasteiger partial charge in [-0.05, 0) is 56.5 Å². The number of aromatic nitrogens is 5. The van der Waals surface area contributed by atoms with Gasteiger partial charge in [-0.2, -0.15) is 5.26 Å². The van der Waals surface area contributed by atoms with Crippen LogP contribution in [0, 0.1) is 39.0 Å². The first kappa shape index (κ1) is 24.6. The molecule has 0 atom stereocenters.